The SMILES string of the molecule is CNC(C)(C)C(=O)NCC(C)(C)c1ccncc1. The van der Waals surface area contributed by atoms with Crippen LogP contribution >= 0.6 is 0 Å². The Hall–Kier alpha value is -1.42. The molecule has 0 aromatic carbocycles. The summed E-state index contributed by atoms with van der Waals surface area (Å²) in [6, 6.07) is 3.96. The highest BCUT2D eigenvalue weighted by atomic mass is 16.2. The van der Waals surface area contributed by atoms with E-state index in [0.29, 0.717) is 6.54 Å². The fraction of sp³-hybridized carbons (Fsp3) is 0.571. The number of nitrogens with one attached hydrogen (secondary N) is 2. The number of carbonyl (C=O) groups is 1. The Kier molecular flexibility index (Phi) is 4.46. The number of hydrogen-bond acceptors (Lipinski definition) is 3. The second-order valence-electron chi connectivity index (χ2n) is 5.68. The molecule has 0 bridgehead atoms. The van der Waals surface area contributed by atoms with Gasteiger partial charge in [0.15, 0.2) is 0 Å². The molecule has 4 heteroatoms. The number of hydrogen-bond donors (Lipinski definition) is 2. The normalized spacial score (nSPS) is 12.3. The van der Waals surface area contributed by atoms with Crippen molar-refractivity contribution >= 4 is 5.91 Å². The molecular formula is C14H23N3O. The molecule has 1 heterocycles. The van der Waals surface area contributed by atoms with E-state index in [-0.39, 0.29) is 11.3 Å². The molecule has 4 nitrogen and oxygen atoms in total. The van der Waals surface area contributed by atoms with Crippen LogP contribution in [0.25, 0.3) is 0 Å². The van der Waals surface area contributed by atoms with Gasteiger partial charge in [-0.3, -0.25) is 9.78 Å². The Morgan fingerprint density at radius 2 is 1.78 bits per heavy atom. The Bertz CT molecular complexity index is 399. The van der Waals surface area contributed by atoms with Crippen LogP contribution in [0.3, 0.4) is 0 Å². The summed E-state index contributed by atoms with van der Waals surface area (Å²) in [6.07, 6.45) is 3.55. The lowest BCUT2D eigenvalue weighted by molar-refractivity contribution is -0.126. The monoisotopic (exact) mass is 249 g/mol. The van der Waals surface area contributed by atoms with Crippen LogP contribution in [0.4, 0.5) is 0 Å². The molecule has 0 aliphatic carbocycles. The number of amides is 1. The minimum absolute atomic E-state index is 0.00660. The highest BCUT2D eigenvalue weighted by molar-refractivity contribution is 5.85. The number of carbonyl (C=O) groups excluding carboxylic acids is 1. The predicted octanol–water partition coefficient (Wildman–Crippen LogP) is 1.47. The van der Waals surface area contributed by atoms with E-state index in [2.05, 4.69) is 29.5 Å². The van der Waals surface area contributed by atoms with E-state index in [9.17, 15) is 4.79 Å². The second kappa shape index (κ2) is 5.48. The molecule has 2 N–H and O–H groups in total. The van der Waals surface area contributed by atoms with Gasteiger partial charge < -0.3 is 10.6 Å². The molecule has 0 unspecified atom stereocenters. The fourth-order valence-corrected chi connectivity index (χ4v) is 1.54. The van der Waals surface area contributed by atoms with Crippen molar-refractivity contribution in [3.8, 4) is 0 Å². The van der Waals surface area contributed by atoms with Gasteiger partial charge in [0.2, 0.25) is 5.91 Å². The summed E-state index contributed by atoms with van der Waals surface area (Å²) < 4.78 is 0. The van der Waals surface area contributed by atoms with Crippen molar-refractivity contribution in [2.45, 2.75) is 38.6 Å². The Balaban J connectivity index is 2.66. The van der Waals surface area contributed by atoms with Gasteiger partial charge in [-0.1, -0.05) is 13.8 Å². The summed E-state index contributed by atoms with van der Waals surface area (Å²) >= 11 is 0. The molecule has 0 aliphatic heterocycles. The van der Waals surface area contributed by atoms with Crippen molar-refractivity contribution in [1.29, 1.82) is 0 Å². The maximum atomic E-state index is 12.0. The van der Waals surface area contributed by atoms with Crippen LogP contribution in [0.15, 0.2) is 24.5 Å². The third-order valence-electron chi connectivity index (χ3n) is 3.35. The molecule has 0 atom stereocenters. The zero-order chi connectivity index (χ0) is 13.8. The van der Waals surface area contributed by atoms with E-state index in [1.54, 1.807) is 19.4 Å². The van der Waals surface area contributed by atoms with Gasteiger partial charge in [-0.05, 0) is 38.6 Å². The summed E-state index contributed by atoms with van der Waals surface area (Å²) in [6.45, 7) is 8.54. The van der Waals surface area contributed by atoms with Gasteiger partial charge in [0.05, 0.1) is 5.54 Å². The van der Waals surface area contributed by atoms with E-state index >= 15 is 0 Å². The van der Waals surface area contributed by atoms with E-state index < -0.39 is 5.54 Å². The maximum Gasteiger partial charge on any atom is 0.239 e. The lowest BCUT2D eigenvalue weighted by Gasteiger charge is -2.29. The van der Waals surface area contributed by atoms with E-state index in [1.807, 2.05) is 26.0 Å². The standard InChI is InChI=1S/C14H23N3O/c1-13(2,11-6-8-16-9-7-11)10-17-12(18)14(3,4)15-5/h6-9,15H,10H2,1-5H3,(H,17,18). The molecule has 1 aromatic rings. The van der Waals surface area contributed by atoms with Crippen LogP contribution in [-0.2, 0) is 10.2 Å². The molecule has 1 rings (SSSR count). The molecule has 0 fully saturated rings. The molecule has 0 saturated carbocycles. The first kappa shape index (κ1) is 14.6. The highest BCUT2D eigenvalue weighted by Gasteiger charge is 2.28. The van der Waals surface area contributed by atoms with Crippen LogP contribution in [0.2, 0.25) is 0 Å². The highest BCUT2D eigenvalue weighted by Crippen LogP contribution is 2.21. The van der Waals surface area contributed by atoms with Gasteiger partial charge in [-0.2, -0.15) is 0 Å². The predicted molar refractivity (Wildman–Crippen MR) is 73.4 cm³/mol. The number of likely N-dealkylation sites (N-methyl/N-ethyl adjacent to an activating group) is 1. The number of aromatic nitrogens is 1. The zero-order valence-corrected chi connectivity index (χ0v) is 11.9. The Morgan fingerprint density at radius 1 is 1.22 bits per heavy atom. The van der Waals surface area contributed by atoms with Gasteiger partial charge in [-0.15, -0.1) is 0 Å². The first-order valence-electron chi connectivity index (χ1n) is 6.17. The van der Waals surface area contributed by atoms with Crippen LogP contribution in [0.1, 0.15) is 33.3 Å². The van der Waals surface area contributed by atoms with Gasteiger partial charge in [0.25, 0.3) is 0 Å². The van der Waals surface area contributed by atoms with Crippen LogP contribution in [-0.4, -0.2) is 30.0 Å². The minimum Gasteiger partial charge on any atom is -0.354 e. The lowest BCUT2D eigenvalue weighted by Crippen LogP contribution is -2.53. The summed E-state index contributed by atoms with van der Waals surface area (Å²) in [5.74, 6) is 0.00660. The van der Waals surface area contributed by atoms with Crippen molar-refractivity contribution in [2.75, 3.05) is 13.6 Å². The summed E-state index contributed by atoms with van der Waals surface area (Å²) in [7, 11) is 1.79. The fourth-order valence-electron chi connectivity index (χ4n) is 1.54. The van der Waals surface area contributed by atoms with Gasteiger partial charge in [-0.25, -0.2) is 0 Å². The smallest absolute Gasteiger partial charge is 0.239 e. The molecule has 0 spiro atoms. The molecule has 100 valence electrons. The van der Waals surface area contributed by atoms with Gasteiger partial charge in [0, 0.05) is 24.4 Å². The maximum absolute atomic E-state index is 12.0. The van der Waals surface area contributed by atoms with Crippen molar-refractivity contribution in [3.63, 3.8) is 0 Å². The van der Waals surface area contributed by atoms with E-state index in [1.165, 1.54) is 5.56 Å². The Labute approximate surface area is 109 Å². The number of rotatable bonds is 5. The largest absolute Gasteiger partial charge is 0.354 e. The molecule has 1 amide bonds. The Morgan fingerprint density at radius 3 is 2.28 bits per heavy atom. The second-order valence-corrected chi connectivity index (χ2v) is 5.68. The number of nitrogens with zero attached hydrogens (tertiary/aromatic N) is 1. The van der Waals surface area contributed by atoms with E-state index in [4.69, 9.17) is 0 Å². The molecule has 1 aromatic heterocycles. The molecule has 0 saturated heterocycles. The third kappa shape index (κ3) is 3.53. The summed E-state index contributed by atoms with van der Waals surface area (Å²) in [4.78, 5) is 16.0. The van der Waals surface area contributed by atoms with Gasteiger partial charge in [0.1, 0.15) is 0 Å². The van der Waals surface area contributed by atoms with Crippen LogP contribution < -0.4 is 10.6 Å². The van der Waals surface area contributed by atoms with Crippen molar-refractivity contribution in [1.82, 2.24) is 15.6 Å². The first-order valence-corrected chi connectivity index (χ1v) is 6.17. The van der Waals surface area contributed by atoms with Crippen molar-refractivity contribution in [2.24, 2.45) is 0 Å². The minimum atomic E-state index is -0.547. The summed E-state index contributed by atoms with van der Waals surface area (Å²) in [5.41, 5.74) is 0.511. The zero-order valence-electron chi connectivity index (χ0n) is 11.9. The molecule has 18 heavy (non-hydrogen) atoms. The first-order chi connectivity index (χ1) is 8.29. The van der Waals surface area contributed by atoms with E-state index in [0.717, 1.165) is 0 Å². The summed E-state index contributed by atoms with van der Waals surface area (Å²) in [5, 5.41) is 5.99. The average molecular weight is 249 g/mol. The third-order valence-corrected chi connectivity index (χ3v) is 3.35. The van der Waals surface area contributed by atoms with Crippen molar-refractivity contribution < 1.29 is 4.79 Å². The lowest BCUT2D eigenvalue weighted by atomic mass is 9.85. The van der Waals surface area contributed by atoms with Crippen LogP contribution in [0.5, 0.6) is 0 Å². The number of pyridine rings is 1. The molecule has 0 radical (unpaired) electrons. The van der Waals surface area contributed by atoms with Gasteiger partial charge >= 0.3 is 0 Å². The van der Waals surface area contributed by atoms with Crippen molar-refractivity contribution in [3.05, 3.63) is 30.1 Å². The topological polar surface area (TPSA) is 54.0 Å². The molecule has 0 aliphatic rings. The molecular weight excluding hydrogens is 226 g/mol. The average Bonchev–Trinajstić information content (AvgIpc) is 2.37. The quantitative estimate of drug-likeness (QED) is 0.831. The van der Waals surface area contributed by atoms with Crippen LogP contribution in [0, 0.1) is 0 Å².